The summed E-state index contributed by atoms with van der Waals surface area (Å²) in [5.41, 5.74) is 2.92. The summed E-state index contributed by atoms with van der Waals surface area (Å²) in [7, 11) is 1.66. The van der Waals surface area contributed by atoms with Gasteiger partial charge in [-0.1, -0.05) is 17.8 Å². The van der Waals surface area contributed by atoms with Crippen LogP contribution in [0.2, 0.25) is 0 Å². The number of hydrogen-bond donors (Lipinski definition) is 0. The predicted molar refractivity (Wildman–Crippen MR) is 105 cm³/mol. The summed E-state index contributed by atoms with van der Waals surface area (Å²) >= 11 is 1.60. The van der Waals surface area contributed by atoms with Crippen molar-refractivity contribution in [2.75, 3.05) is 7.11 Å². The zero-order valence-corrected chi connectivity index (χ0v) is 15.5. The van der Waals surface area contributed by atoms with E-state index in [2.05, 4.69) is 20.2 Å². The zero-order chi connectivity index (χ0) is 18.5. The summed E-state index contributed by atoms with van der Waals surface area (Å²) in [6.07, 6.45) is 5.30. The lowest BCUT2D eigenvalue weighted by molar-refractivity contribution is 0.414. The Hall–Kier alpha value is -3.19. The first-order valence-electron chi connectivity index (χ1n) is 8.38. The Kier molecular flexibility index (Phi) is 5.11. The van der Waals surface area contributed by atoms with Gasteiger partial charge in [-0.15, -0.1) is 10.2 Å². The van der Waals surface area contributed by atoms with Crippen molar-refractivity contribution in [1.29, 1.82) is 0 Å². The van der Waals surface area contributed by atoms with Gasteiger partial charge in [0.2, 0.25) is 0 Å². The molecule has 6 nitrogen and oxygen atoms in total. The summed E-state index contributed by atoms with van der Waals surface area (Å²) in [4.78, 5) is 8.47. The average Bonchev–Trinajstić information content (AvgIpc) is 3.17. The minimum Gasteiger partial charge on any atom is -0.497 e. The molecule has 3 aromatic heterocycles. The molecular weight excluding hydrogens is 358 g/mol. The van der Waals surface area contributed by atoms with Crippen LogP contribution in [0.1, 0.15) is 5.69 Å². The van der Waals surface area contributed by atoms with Gasteiger partial charge in [0.15, 0.2) is 11.0 Å². The molecule has 0 aliphatic heterocycles. The Labute approximate surface area is 161 Å². The van der Waals surface area contributed by atoms with Crippen LogP contribution in [0.3, 0.4) is 0 Å². The molecule has 0 atom stereocenters. The highest BCUT2D eigenvalue weighted by molar-refractivity contribution is 7.98. The van der Waals surface area contributed by atoms with Crippen molar-refractivity contribution in [3.63, 3.8) is 0 Å². The van der Waals surface area contributed by atoms with E-state index >= 15 is 0 Å². The third kappa shape index (κ3) is 3.83. The van der Waals surface area contributed by atoms with E-state index < -0.39 is 0 Å². The number of hydrogen-bond acceptors (Lipinski definition) is 6. The number of pyridine rings is 2. The monoisotopic (exact) mass is 375 g/mol. The number of aromatic nitrogens is 5. The summed E-state index contributed by atoms with van der Waals surface area (Å²) in [5, 5.41) is 9.66. The Morgan fingerprint density at radius 2 is 1.74 bits per heavy atom. The van der Waals surface area contributed by atoms with E-state index in [-0.39, 0.29) is 0 Å². The van der Waals surface area contributed by atoms with Crippen LogP contribution in [0.4, 0.5) is 0 Å². The van der Waals surface area contributed by atoms with Gasteiger partial charge in [-0.25, -0.2) is 0 Å². The number of methoxy groups -OCH3 is 1. The smallest absolute Gasteiger partial charge is 0.196 e. The van der Waals surface area contributed by atoms with Crippen LogP contribution in [0.5, 0.6) is 5.75 Å². The van der Waals surface area contributed by atoms with Gasteiger partial charge in [0.1, 0.15) is 5.75 Å². The molecule has 27 heavy (non-hydrogen) atoms. The van der Waals surface area contributed by atoms with Gasteiger partial charge in [-0.3, -0.25) is 14.5 Å². The number of benzene rings is 1. The lowest BCUT2D eigenvalue weighted by Crippen LogP contribution is -2.00. The van der Waals surface area contributed by atoms with Gasteiger partial charge in [0.05, 0.1) is 12.8 Å². The Morgan fingerprint density at radius 3 is 2.44 bits per heavy atom. The molecule has 0 aliphatic rings. The molecule has 3 heterocycles. The van der Waals surface area contributed by atoms with E-state index in [1.807, 2.05) is 59.2 Å². The van der Waals surface area contributed by atoms with Crippen molar-refractivity contribution in [2.45, 2.75) is 10.9 Å². The van der Waals surface area contributed by atoms with E-state index in [0.29, 0.717) is 5.75 Å². The maximum absolute atomic E-state index is 5.27. The fourth-order valence-corrected chi connectivity index (χ4v) is 3.50. The van der Waals surface area contributed by atoms with Gasteiger partial charge < -0.3 is 4.74 Å². The SMILES string of the molecule is COc1ccc(-n2c(SCc3ccccn3)nnc2-c2ccncc2)cc1. The Balaban J connectivity index is 1.73. The second kappa shape index (κ2) is 8.01. The molecule has 4 aromatic rings. The molecule has 0 fully saturated rings. The third-order valence-corrected chi connectivity index (χ3v) is 4.94. The van der Waals surface area contributed by atoms with Crippen molar-refractivity contribution < 1.29 is 4.74 Å². The standard InChI is InChI=1S/C20H17N5OS/c1-26-18-7-5-17(6-8-18)25-19(15-9-12-21-13-10-15)23-24-20(25)27-14-16-4-2-3-11-22-16/h2-13H,14H2,1H3. The van der Waals surface area contributed by atoms with Crippen molar-refractivity contribution in [2.24, 2.45) is 0 Å². The highest BCUT2D eigenvalue weighted by atomic mass is 32.2. The average molecular weight is 375 g/mol. The highest BCUT2D eigenvalue weighted by Crippen LogP contribution is 2.29. The van der Waals surface area contributed by atoms with E-state index in [1.54, 1.807) is 37.5 Å². The molecule has 7 heteroatoms. The van der Waals surface area contributed by atoms with E-state index in [9.17, 15) is 0 Å². The molecule has 4 rings (SSSR count). The lowest BCUT2D eigenvalue weighted by Gasteiger charge is -2.11. The molecule has 0 aliphatic carbocycles. The largest absolute Gasteiger partial charge is 0.497 e. The molecule has 0 saturated heterocycles. The van der Waals surface area contributed by atoms with Gasteiger partial charge in [-0.05, 0) is 48.5 Å². The van der Waals surface area contributed by atoms with E-state index in [1.165, 1.54) is 0 Å². The Bertz CT molecular complexity index is 1000. The molecular formula is C20H17N5OS. The first-order chi connectivity index (χ1) is 13.3. The van der Waals surface area contributed by atoms with Crippen molar-refractivity contribution in [1.82, 2.24) is 24.7 Å². The van der Waals surface area contributed by atoms with E-state index in [4.69, 9.17) is 4.74 Å². The molecule has 0 bridgehead atoms. The minimum absolute atomic E-state index is 0.714. The molecule has 134 valence electrons. The summed E-state index contributed by atoms with van der Waals surface area (Å²) < 4.78 is 7.32. The molecule has 0 radical (unpaired) electrons. The molecule has 1 aromatic carbocycles. The third-order valence-electron chi connectivity index (χ3n) is 3.98. The van der Waals surface area contributed by atoms with Crippen LogP contribution in [-0.4, -0.2) is 31.8 Å². The number of thioether (sulfide) groups is 1. The van der Waals surface area contributed by atoms with E-state index in [0.717, 1.165) is 33.7 Å². The van der Waals surface area contributed by atoms with Crippen LogP contribution in [0.15, 0.2) is 78.3 Å². The first kappa shape index (κ1) is 17.2. The second-order valence-corrected chi connectivity index (χ2v) is 6.63. The van der Waals surface area contributed by atoms with Crippen LogP contribution >= 0.6 is 11.8 Å². The van der Waals surface area contributed by atoms with Crippen molar-refractivity contribution in [3.05, 3.63) is 78.9 Å². The lowest BCUT2D eigenvalue weighted by atomic mass is 10.2. The molecule has 0 amide bonds. The summed E-state index contributed by atoms with van der Waals surface area (Å²) in [5.74, 6) is 2.29. The van der Waals surface area contributed by atoms with Crippen LogP contribution in [0.25, 0.3) is 17.1 Å². The topological polar surface area (TPSA) is 65.7 Å². The molecule has 0 saturated carbocycles. The van der Waals surface area contributed by atoms with Crippen LogP contribution < -0.4 is 4.74 Å². The first-order valence-corrected chi connectivity index (χ1v) is 9.36. The zero-order valence-electron chi connectivity index (χ0n) is 14.7. The molecule has 0 spiro atoms. The fraction of sp³-hybridized carbons (Fsp3) is 0.100. The Morgan fingerprint density at radius 1 is 0.926 bits per heavy atom. The van der Waals surface area contributed by atoms with Gasteiger partial charge in [0.25, 0.3) is 0 Å². The number of rotatable bonds is 6. The van der Waals surface area contributed by atoms with Crippen molar-refractivity contribution >= 4 is 11.8 Å². The highest BCUT2D eigenvalue weighted by Gasteiger charge is 2.16. The molecule has 0 N–H and O–H groups in total. The van der Waals surface area contributed by atoms with Gasteiger partial charge >= 0.3 is 0 Å². The van der Waals surface area contributed by atoms with Crippen molar-refractivity contribution in [3.8, 4) is 22.8 Å². The number of nitrogens with zero attached hydrogens (tertiary/aromatic N) is 5. The number of ether oxygens (including phenoxy) is 1. The van der Waals surface area contributed by atoms with Gasteiger partial charge in [0, 0.05) is 35.6 Å². The minimum atomic E-state index is 0.714. The van der Waals surface area contributed by atoms with Gasteiger partial charge in [-0.2, -0.15) is 0 Å². The maximum Gasteiger partial charge on any atom is 0.196 e. The summed E-state index contributed by atoms with van der Waals surface area (Å²) in [6, 6.07) is 17.6. The van der Waals surface area contributed by atoms with Crippen LogP contribution in [-0.2, 0) is 5.75 Å². The molecule has 0 unspecified atom stereocenters. The normalized spacial score (nSPS) is 10.7. The quantitative estimate of drug-likeness (QED) is 0.474. The summed E-state index contributed by atoms with van der Waals surface area (Å²) in [6.45, 7) is 0. The second-order valence-electron chi connectivity index (χ2n) is 5.69. The van der Waals surface area contributed by atoms with Crippen LogP contribution in [0, 0.1) is 0 Å². The predicted octanol–water partition coefficient (Wildman–Crippen LogP) is 4.03. The maximum atomic E-state index is 5.27. The fourth-order valence-electron chi connectivity index (χ4n) is 2.64.